The van der Waals surface area contributed by atoms with E-state index in [9.17, 15) is 4.79 Å². The molecule has 1 N–H and O–H groups in total. The zero-order chi connectivity index (χ0) is 22.1. The van der Waals surface area contributed by atoms with Gasteiger partial charge in [-0.2, -0.15) is 5.10 Å². The molecule has 8 nitrogen and oxygen atoms in total. The lowest BCUT2D eigenvalue weighted by atomic mass is 10.1. The number of hydrogen-bond donors (Lipinski definition) is 1. The Morgan fingerprint density at radius 1 is 1.29 bits per heavy atom. The Hall–Kier alpha value is -2.36. The maximum atomic E-state index is 10.9. The highest BCUT2D eigenvalue weighted by Crippen LogP contribution is 2.32. The van der Waals surface area contributed by atoms with E-state index in [1.807, 2.05) is 18.2 Å². The van der Waals surface area contributed by atoms with E-state index in [1.165, 1.54) is 0 Å². The van der Waals surface area contributed by atoms with E-state index in [1.54, 1.807) is 29.1 Å². The summed E-state index contributed by atoms with van der Waals surface area (Å²) >= 11 is 7.80. The largest absolute Gasteiger partial charge is 0.481 e. The minimum atomic E-state index is -0.901. The number of rotatable bonds is 7. The topological polar surface area (TPSA) is 83.7 Å². The lowest BCUT2D eigenvalue weighted by molar-refractivity contribution is -0.136. The number of aliphatic carboxylic acids is 1. The standard InChI is InChI=1S/C21H26ClN5O3S/c1-13-11-26(21-23-17-5-4-15(22)8-18(17)31-21)12-14(2)27(13)6-7-30-19-9-16(10-20(28)29)24-25(19)3/h4-5,8-9,13-14H,6-7,10-12H2,1-3H3,(H,28,29)/t13-,14+. The summed E-state index contributed by atoms with van der Waals surface area (Å²) in [6.45, 7) is 7.54. The number of anilines is 1. The summed E-state index contributed by atoms with van der Waals surface area (Å²) in [7, 11) is 1.76. The first kappa shape index (κ1) is 21.9. The van der Waals surface area contributed by atoms with Crippen molar-refractivity contribution in [3.63, 3.8) is 0 Å². The number of hydrogen-bond acceptors (Lipinski definition) is 7. The summed E-state index contributed by atoms with van der Waals surface area (Å²) in [5.74, 6) is -0.315. The smallest absolute Gasteiger partial charge is 0.309 e. The maximum absolute atomic E-state index is 10.9. The molecule has 0 amide bonds. The van der Waals surface area contributed by atoms with Crippen LogP contribution in [0.4, 0.5) is 5.13 Å². The first-order chi connectivity index (χ1) is 14.8. The van der Waals surface area contributed by atoms with Gasteiger partial charge in [-0.1, -0.05) is 22.9 Å². The number of carboxylic acids is 1. The van der Waals surface area contributed by atoms with Crippen LogP contribution in [0, 0.1) is 0 Å². The van der Waals surface area contributed by atoms with E-state index >= 15 is 0 Å². The van der Waals surface area contributed by atoms with E-state index in [-0.39, 0.29) is 6.42 Å². The number of nitrogens with zero attached hydrogens (tertiary/aromatic N) is 5. The van der Waals surface area contributed by atoms with Crippen molar-refractivity contribution < 1.29 is 14.6 Å². The number of aryl methyl sites for hydroxylation is 1. The second kappa shape index (κ2) is 9.02. The van der Waals surface area contributed by atoms with Gasteiger partial charge < -0.3 is 14.7 Å². The predicted octanol–water partition coefficient (Wildman–Crippen LogP) is 3.29. The van der Waals surface area contributed by atoms with Crippen molar-refractivity contribution in [2.24, 2.45) is 7.05 Å². The predicted molar refractivity (Wildman–Crippen MR) is 123 cm³/mol. The average Bonchev–Trinajstić information content (AvgIpc) is 3.26. The first-order valence-electron chi connectivity index (χ1n) is 10.2. The Bertz CT molecular complexity index is 1070. The third-order valence-electron chi connectivity index (χ3n) is 5.53. The number of fused-ring (bicyclic) bond motifs is 1. The van der Waals surface area contributed by atoms with Gasteiger partial charge >= 0.3 is 5.97 Å². The molecule has 2 aromatic heterocycles. The van der Waals surface area contributed by atoms with Gasteiger partial charge in [0.2, 0.25) is 5.88 Å². The Labute approximate surface area is 190 Å². The molecule has 4 rings (SSSR count). The monoisotopic (exact) mass is 463 g/mol. The second-order valence-corrected chi connectivity index (χ2v) is 9.41. The molecule has 31 heavy (non-hydrogen) atoms. The van der Waals surface area contributed by atoms with Crippen molar-refractivity contribution in [1.82, 2.24) is 19.7 Å². The average molecular weight is 464 g/mol. The summed E-state index contributed by atoms with van der Waals surface area (Å²) in [6.07, 6.45) is -0.106. The molecule has 10 heteroatoms. The molecule has 1 aliphatic heterocycles. The molecule has 0 spiro atoms. The van der Waals surface area contributed by atoms with Gasteiger partial charge in [0.25, 0.3) is 0 Å². The van der Waals surface area contributed by atoms with Crippen molar-refractivity contribution >= 4 is 44.3 Å². The zero-order valence-corrected chi connectivity index (χ0v) is 19.4. The number of halogens is 1. The van der Waals surface area contributed by atoms with Gasteiger partial charge in [0, 0.05) is 49.9 Å². The molecule has 0 bridgehead atoms. The summed E-state index contributed by atoms with van der Waals surface area (Å²) in [4.78, 5) is 20.5. The molecular formula is C21H26ClN5O3S. The fourth-order valence-electron chi connectivity index (χ4n) is 4.11. The Balaban J connectivity index is 1.35. The van der Waals surface area contributed by atoms with Crippen LogP contribution in [0.2, 0.25) is 5.02 Å². The first-order valence-corrected chi connectivity index (χ1v) is 11.4. The molecule has 3 heterocycles. The highest BCUT2D eigenvalue weighted by molar-refractivity contribution is 7.22. The van der Waals surface area contributed by atoms with Crippen LogP contribution in [0.1, 0.15) is 19.5 Å². The van der Waals surface area contributed by atoms with Crippen LogP contribution in [0.15, 0.2) is 24.3 Å². The quantitative estimate of drug-likeness (QED) is 0.575. The van der Waals surface area contributed by atoms with Gasteiger partial charge in [0.05, 0.1) is 22.3 Å². The van der Waals surface area contributed by atoms with Crippen LogP contribution >= 0.6 is 22.9 Å². The molecule has 1 aromatic carbocycles. The molecule has 166 valence electrons. The Kier molecular flexibility index (Phi) is 6.36. The van der Waals surface area contributed by atoms with Crippen molar-refractivity contribution in [2.45, 2.75) is 32.4 Å². The van der Waals surface area contributed by atoms with Crippen LogP contribution in [-0.2, 0) is 18.3 Å². The molecule has 0 unspecified atom stereocenters. The number of thiazole rings is 1. The molecule has 1 aliphatic rings. The molecule has 3 aromatic rings. The van der Waals surface area contributed by atoms with Crippen molar-refractivity contribution in [1.29, 1.82) is 0 Å². The molecule has 0 radical (unpaired) electrons. The summed E-state index contributed by atoms with van der Waals surface area (Å²) < 4.78 is 8.58. The number of carboxylic acid groups (broad SMARTS) is 1. The second-order valence-electron chi connectivity index (χ2n) is 7.97. The lowest BCUT2D eigenvalue weighted by Gasteiger charge is -2.44. The van der Waals surface area contributed by atoms with Gasteiger partial charge in [-0.05, 0) is 32.0 Å². The molecule has 0 aliphatic carbocycles. The van der Waals surface area contributed by atoms with E-state index in [0.717, 1.165) is 40.0 Å². The van der Waals surface area contributed by atoms with E-state index < -0.39 is 5.97 Å². The highest BCUT2D eigenvalue weighted by atomic mass is 35.5. The minimum Gasteiger partial charge on any atom is -0.481 e. The van der Waals surface area contributed by atoms with Crippen LogP contribution in [0.25, 0.3) is 10.2 Å². The van der Waals surface area contributed by atoms with Gasteiger partial charge in [-0.15, -0.1) is 0 Å². The highest BCUT2D eigenvalue weighted by Gasteiger charge is 2.30. The molecule has 1 fully saturated rings. The number of piperazine rings is 1. The van der Waals surface area contributed by atoms with Crippen LogP contribution in [0.5, 0.6) is 5.88 Å². The molecule has 1 saturated heterocycles. The van der Waals surface area contributed by atoms with Gasteiger partial charge in [0.1, 0.15) is 6.61 Å². The minimum absolute atomic E-state index is 0.106. The number of benzene rings is 1. The molecular weight excluding hydrogens is 438 g/mol. The molecule has 2 atom stereocenters. The number of ether oxygens (including phenoxy) is 1. The SMILES string of the molecule is C[C@@H]1CN(c2nc3ccc(Cl)cc3s2)C[C@H](C)N1CCOc1cc(CC(=O)O)nn1C. The maximum Gasteiger partial charge on any atom is 0.309 e. The Morgan fingerprint density at radius 2 is 2.03 bits per heavy atom. The van der Waals surface area contributed by atoms with Gasteiger partial charge in [-0.25, -0.2) is 9.67 Å². The van der Waals surface area contributed by atoms with E-state index in [4.69, 9.17) is 26.4 Å². The van der Waals surface area contributed by atoms with Crippen molar-refractivity contribution in [3.05, 3.63) is 35.0 Å². The van der Waals surface area contributed by atoms with Crippen LogP contribution in [0.3, 0.4) is 0 Å². The van der Waals surface area contributed by atoms with E-state index in [0.29, 0.717) is 30.3 Å². The fourth-order valence-corrected chi connectivity index (χ4v) is 5.37. The fraction of sp³-hybridized carbons (Fsp3) is 0.476. The summed E-state index contributed by atoms with van der Waals surface area (Å²) in [5, 5.41) is 14.9. The lowest BCUT2D eigenvalue weighted by Crippen LogP contribution is -2.57. The van der Waals surface area contributed by atoms with Crippen LogP contribution < -0.4 is 9.64 Å². The summed E-state index contributed by atoms with van der Waals surface area (Å²) in [5.41, 5.74) is 1.48. The number of carbonyl (C=O) groups is 1. The van der Waals surface area contributed by atoms with Gasteiger partial charge in [-0.3, -0.25) is 9.69 Å². The van der Waals surface area contributed by atoms with Crippen LogP contribution in [-0.4, -0.2) is 69.1 Å². The van der Waals surface area contributed by atoms with Gasteiger partial charge in [0.15, 0.2) is 5.13 Å². The summed E-state index contributed by atoms with van der Waals surface area (Å²) in [6, 6.07) is 8.20. The molecule has 0 saturated carbocycles. The third kappa shape index (κ3) is 4.94. The third-order valence-corrected chi connectivity index (χ3v) is 6.84. The zero-order valence-electron chi connectivity index (χ0n) is 17.8. The van der Waals surface area contributed by atoms with E-state index in [2.05, 4.69) is 28.7 Å². The normalized spacial score (nSPS) is 19.8. The Morgan fingerprint density at radius 3 is 2.74 bits per heavy atom. The number of aromatic nitrogens is 3. The van der Waals surface area contributed by atoms with Crippen molar-refractivity contribution in [3.8, 4) is 5.88 Å². The van der Waals surface area contributed by atoms with Crippen molar-refractivity contribution in [2.75, 3.05) is 31.1 Å².